The summed E-state index contributed by atoms with van der Waals surface area (Å²) in [5.41, 5.74) is 1.02. The van der Waals surface area contributed by atoms with Gasteiger partial charge in [0.25, 0.3) is 0 Å². The highest BCUT2D eigenvalue weighted by Gasteiger charge is 2.20. The van der Waals surface area contributed by atoms with Gasteiger partial charge >= 0.3 is 11.9 Å². The Balaban J connectivity index is 0.000000283. The zero-order chi connectivity index (χ0) is 20.8. The number of rotatable bonds is 9. The van der Waals surface area contributed by atoms with E-state index in [1.165, 1.54) is 12.8 Å². The van der Waals surface area contributed by atoms with E-state index < -0.39 is 0 Å². The summed E-state index contributed by atoms with van der Waals surface area (Å²) in [5, 5.41) is 0. The van der Waals surface area contributed by atoms with Crippen LogP contribution < -0.4 is 4.74 Å². The average molecular weight is 389 g/mol. The van der Waals surface area contributed by atoms with Crippen molar-refractivity contribution in [2.24, 2.45) is 0 Å². The predicted molar refractivity (Wildman–Crippen MR) is 110 cm³/mol. The van der Waals surface area contributed by atoms with Crippen LogP contribution in [0.15, 0.2) is 54.6 Å². The summed E-state index contributed by atoms with van der Waals surface area (Å²) >= 11 is 0. The van der Waals surface area contributed by atoms with E-state index in [-0.39, 0.29) is 24.6 Å². The van der Waals surface area contributed by atoms with Gasteiger partial charge in [0.05, 0.1) is 0 Å². The van der Waals surface area contributed by atoms with E-state index in [4.69, 9.17) is 14.2 Å². The Morgan fingerprint density at radius 2 is 1.68 bits per heavy atom. The molecule has 1 saturated carbocycles. The standard InChI is InChI=1S/C12H14O3.C11H18O2/c1-10(2)12(13)15-9-8-14-11-6-4-3-5-7-11;1-3-6-9(2)11(12)13-10-7-4-5-8-10/h3-7H,1,8-9H2,2H3;10H,2-8H2,1H3. The molecule has 0 atom stereocenters. The highest BCUT2D eigenvalue weighted by molar-refractivity contribution is 5.87. The Kier molecular flexibility index (Phi) is 11.4. The summed E-state index contributed by atoms with van der Waals surface area (Å²) in [5.74, 6) is 0.198. The molecule has 0 aliphatic heterocycles. The molecule has 1 aromatic rings. The number of para-hydroxylation sites is 1. The summed E-state index contributed by atoms with van der Waals surface area (Å²) in [6.07, 6.45) is 6.33. The molecule has 0 N–H and O–H groups in total. The van der Waals surface area contributed by atoms with E-state index in [1.54, 1.807) is 6.92 Å². The second-order valence-electron chi connectivity index (χ2n) is 6.74. The predicted octanol–water partition coefficient (Wildman–Crippen LogP) is 5.01. The van der Waals surface area contributed by atoms with Crippen molar-refractivity contribution in [3.8, 4) is 5.75 Å². The molecule has 0 heterocycles. The summed E-state index contributed by atoms with van der Waals surface area (Å²) in [6, 6.07) is 9.37. The van der Waals surface area contributed by atoms with Gasteiger partial charge in [-0.15, -0.1) is 0 Å². The zero-order valence-corrected chi connectivity index (χ0v) is 17.1. The quantitative estimate of drug-likeness (QED) is 0.338. The summed E-state index contributed by atoms with van der Waals surface area (Å²) in [6.45, 7) is 11.4. The highest BCUT2D eigenvalue weighted by Crippen LogP contribution is 2.22. The van der Waals surface area contributed by atoms with Crippen LogP contribution in [-0.2, 0) is 19.1 Å². The topological polar surface area (TPSA) is 61.8 Å². The first kappa shape index (κ1) is 23.5. The van der Waals surface area contributed by atoms with Crippen molar-refractivity contribution in [1.82, 2.24) is 0 Å². The fraction of sp³-hybridized carbons (Fsp3) is 0.478. The van der Waals surface area contributed by atoms with Gasteiger partial charge in [0.1, 0.15) is 25.1 Å². The molecule has 2 rings (SSSR count). The fourth-order valence-electron chi connectivity index (χ4n) is 2.58. The Hall–Kier alpha value is -2.56. The van der Waals surface area contributed by atoms with Crippen molar-refractivity contribution in [1.29, 1.82) is 0 Å². The minimum Gasteiger partial charge on any atom is -0.490 e. The van der Waals surface area contributed by atoms with Crippen LogP contribution in [0.25, 0.3) is 0 Å². The maximum atomic E-state index is 11.4. The Labute approximate surface area is 168 Å². The van der Waals surface area contributed by atoms with Crippen molar-refractivity contribution in [3.05, 3.63) is 54.6 Å². The van der Waals surface area contributed by atoms with Crippen LogP contribution in [0.4, 0.5) is 0 Å². The number of esters is 2. The van der Waals surface area contributed by atoms with E-state index in [0.717, 1.165) is 31.4 Å². The lowest BCUT2D eigenvalue weighted by Crippen LogP contribution is -2.15. The van der Waals surface area contributed by atoms with Crippen molar-refractivity contribution in [2.45, 2.75) is 58.5 Å². The number of hydrogen-bond acceptors (Lipinski definition) is 5. The third-order valence-corrected chi connectivity index (χ3v) is 4.09. The molecule has 5 heteroatoms. The van der Waals surface area contributed by atoms with Gasteiger partial charge in [-0.05, 0) is 51.2 Å². The molecule has 0 spiro atoms. The largest absolute Gasteiger partial charge is 0.490 e. The van der Waals surface area contributed by atoms with E-state index in [0.29, 0.717) is 17.8 Å². The van der Waals surface area contributed by atoms with E-state index in [2.05, 4.69) is 13.2 Å². The molecule has 0 radical (unpaired) electrons. The first-order valence-corrected chi connectivity index (χ1v) is 9.83. The van der Waals surface area contributed by atoms with Gasteiger partial charge in [-0.25, -0.2) is 9.59 Å². The second kappa shape index (κ2) is 13.6. The van der Waals surface area contributed by atoms with Crippen LogP contribution in [0, 0.1) is 0 Å². The van der Waals surface area contributed by atoms with Crippen molar-refractivity contribution in [2.75, 3.05) is 13.2 Å². The number of carbonyl (C=O) groups is 2. The maximum Gasteiger partial charge on any atom is 0.333 e. The number of benzene rings is 1. The normalized spacial score (nSPS) is 13.1. The van der Waals surface area contributed by atoms with Crippen LogP contribution >= 0.6 is 0 Å². The highest BCUT2D eigenvalue weighted by atomic mass is 16.6. The van der Waals surface area contributed by atoms with Gasteiger partial charge in [0.2, 0.25) is 0 Å². The van der Waals surface area contributed by atoms with Crippen molar-refractivity contribution < 1.29 is 23.8 Å². The van der Waals surface area contributed by atoms with Crippen LogP contribution in [0.1, 0.15) is 52.4 Å². The van der Waals surface area contributed by atoms with E-state index in [9.17, 15) is 9.59 Å². The lowest BCUT2D eigenvalue weighted by molar-refractivity contribution is -0.144. The zero-order valence-electron chi connectivity index (χ0n) is 17.1. The Morgan fingerprint density at radius 3 is 2.25 bits per heavy atom. The molecule has 0 amide bonds. The number of ether oxygens (including phenoxy) is 3. The summed E-state index contributed by atoms with van der Waals surface area (Å²) in [4.78, 5) is 22.3. The van der Waals surface area contributed by atoms with Crippen LogP contribution in [0.3, 0.4) is 0 Å². The monoisotopic (exact) mass is 388 g/mol. The van der Waals surface area contributed by atoms with Crippen LogP contribution in [0.2, 0.25) is 0 Å². The molecular formula is C23H32O5. The van der Waals surface area contributed by atoms with Gasteiger partial charge in [-0.2, -0.15) is 0 Å². The molecular weight excluding hydrogens is 356 g/mol. The third-order valence-electron chi connectivity index (χ3n) is 4.09. The second-order valence-corrected chi connectivity index (χ2v) is 6.74. The molecule has 1 fully saturated rings. The molecule has 5 nitrogen and oxygen atoms in total. The molecule has 0 aromatic heterocycles. The van der Waals surface area contributed by atoms with Gasteiger partial charge in [-0.3, -0.25) is 0 Å². The minimum atomic E-state index is -0.383. The molecule has 0 unspecified atom stereocenters. The molecule has 1 aromatic carbocycles. The van der Waals surface area contributed by atoms with Crippen molar-refractivity contribution in [3.63, 3.8) is 0 Å². The smallest absolute Gasteiger partial charge is 0.333 e. The van der Waals surface area contributed by atoms with Gasteiger partial charge in [0.15, 0.2) is 0 Å². The average Bonchev–Trinajstić information content (AvgIpc) is 3.19. The Morgan fingerprint density at radius 1 is 1.04 bits per heavy atom. The minimum absolute atomic E-state index is 0.168. The lowest BCUT2D eigenvalue weighted by atomic mass is 10.2. The van der Waals surface area contributed by atoms with E-state index >= 15 is 0 Å². The van der Waals surface area contributed by atoms with Gasteiger partial charge < -0.3 is 14.2 Å². The molecule has 0 saturated heterocycles. The summed E-state index contributed by atoms with van der Waals surface area (Å²) in [7, 11) is 0. The number of hydrogen-bond donors (Lipinski definition) is 0. The van der Waals surface area contributed by atoms with E-state index in [1.807, 2.05) is 37.3 Å². The first-order chi connectivity index (χ1) is 13.4. The summed E-state index contributed by atoms with van der Waals surface area (Å²) < 4.78 is 15.5. The Bertz CT molecular complexity index is 630. The van der Waals surface area contributed by atoms with Gasteiger partial charge in [-0.1, -0.05) is 44.7 Å². The van der Waals surface area contributed by atoms with Gasteiger partial charge in [0, 0.05) is 11.1 Å². The maximum absolute atomic E-state index is 11.4. The molecule has 0 bridgehead atoms. The molecule has 154 valence electrons. The fourth-order valence-corrected chi connectivity index (χ4v) is 2.58. The lowest BCUT2D eigenvalue weighted by Gasteiger charge is -2.11. The van der Waals surface area contributed by atoms with Crippen LogP contribution in [-0.4, -0.2) is 31.3 Å². The van der Waals surface area contributed by atoms with Crippen molar-refractivity contribution >= 4 is 11.9 Å². The first-order valence-electron chi connectivity index (χ1n) is 9.83. The SMILES string of the molecule is C=C(C)C(=O)OCCOc1ccccc1.C=C(CCC)C(=O)OC1CCCC1. The van der Waals surface area contributed by atoms with Crippen LogP contribution in [0.5, 0.6) is 5.75 Å². The third kappa shape index (κ3) is 9.95. The molecule has 1 aliphatic carbocycles. The molecule has 1 aliphatic rings. The molecule has 28 heavy (non-hydrogen) atoms. The number of carbonyl (C=O) groups excluding carboxylic acids is 2.